The molecular weight excluding hydrogens is 256 g/mol. The van der Waals surface area contributed by atoms with Crippen molar-refractivity contribution < 1.29 is 9.90 Å². The number of carbonyl (C=O) groups is 1. The molecule has 1 amide bonds. The second-order valence-corrected chi connectivity index (χ2v) is 4.54. The van der Waals surface area contributed by atoms with Gasteiger partial charge in [-0.25, -0.2) is 0 Å². The number of aromatic hydroxyl groups is 1. The molecule has 0 saturated carbocycles. The summed E-state index contributed by atoms with van der Waals surface area (Å²) in [6, 6.07) is 7.91. The average Bonchev–Trinajstić information content (AvgIpc) is 2.94. The van der Waals surface area contributed by atoms with Crippen molar-refractivity contribution in [3.63, 3.8) is 0 Å². The number of hydrogen-bond donors (Lipinski definition) is 3. The van der Waals surface area contributed by atoms with Gasteiger partial charge in [0.25, 0.3) is 0 Å². The van der Waals surface area contributed by atoms with Crippen LogP contribution in [0.15, 0.2) is 42.7 Å². The quantitative estimate of drug-likeness (QED) is 0.705. The number of nitrogens with two attached hydrogens (primary N) is 1. The van der Waals surface area contributed by atoms with Gasteiger partial charge < -0.3 is 16.2 Å². The van der Waals surface area contributed by atoms with Crippen LogP contribution in [0.25, 0.3) is 0 Å². The monoisotopic (exact) mass is 274 g/mol. The lowest BCUT2D eigenvalue weighted by Crippen LogP contribution is -2.43. The van der Waals surface area contributed by atoms with Crippen LogP contribution in [0.5, 0.6) is 5.75 Å². The summed E-state index contributed by atoms with van der Waals surface area (Å²) in [5.74, 6) is 0.0104. The first-order valence-electron chi connectivity index (χ1n) is 6.44. The Kier molecular flexibility index (Phi) is 4.73. The Morgan fingerprint density at radius 1 is 1.40 bits per heavy atom. The number of benzene rings is 1. The van der Waals surface area contributed by atoms with Crippen molar-refractivity contribution >= 4 is 5.91 Å². The van der Waals surface area contributed by atoms with Crippen LogP contribution in [-0.2, 0) is 17.8 Å². The van der Waals surface area contributed by atoms with E-state index in [1.54, 1.807) is 35.1 Å². The standard InChI is InChI=1S/C14H18N4O2/c15-13(10-11-2-4-12(19)5-3-11)14(20)16-7-9-18-8-1-6-17-18/h1-6,8,13,19H,7,9-10,15H2,(H,16,20)/t13-/m0/s1. The summed E-state index contributed by atoms with van der Waals surface area (Å²) in [5, 5.41) is 16.0. The minimum atomic E-state index is -0.600. The molecule has 0 fully saturated rings. The summed E-state index contributed by atoms with van der Waals surface area (Å²) in [6.45, 7) is 1.11. The topological polar surface area (TPSA) is 93.2 Å². The predicted molar refractivity (Wildman–Crippen MR) is 75.0 cm³/mol. The molecule has 20 heavy (non-hydrogen) atoms. The third-order valence-corrected chi connectivity index (χ3v) is 2.93. The highest BCUT2D eigenvalue weighted by atomic mass is 16.3. The van der Waals surface area contributed by atoms with Crippen LogP contribution >= 0.6 is 0 Å². The van der Waals surface area contributed by atoms with Gasteiger partial charge in [0.1, 0.15) is 5.75 Å². The molecule has 6 nitrogen and oxygen atoms in total. The number of carbonyl (C=O) groups excluding carboxylic acids is 1. The van der Waals surface area contributed by atoms with Gasteiger partial charge >= 0.3 is 0 Å². The van der Waals surface area contributed by atoms with Crippen LogP contribution in [0.1, 0.15) is 5.56 Å². The molecule has 1 heterocycles. The predicted octanol–water partition coefficient (Wildman–Crippen LogP) is 0.275. The molecule has 1 aromatic carbocycles. The Bertz CT molecular complexity index is 537. The molecular formula is C14H18N4O2. The second kappa shape index (κ2) is 6.72. The van der Waals surface area contributed by atoms with Gasteiger partial charge in [0.15, 0.2) is 0 Å². The highest BCUT2D eigenvalue weighted by Gasteiger charge is 2.13. The maximum absolute atomic E-state index is 11.8. The van der Waals surface area contributed by atoms with Crippen molar-refractivity contribution in [1.29, 1.82) is 0 Å². The van der Waals surface area contributed by atoms with Crippen molar-refractivity contribution in [2.75, 3.05) is 6.54 Å². The number of phenolic OH excluding ortho intramolecular Hbond substituents is 1. The Hall–Kier alpha value is -2.34. The van der Waals surface area contributed by atoms with Crippen molar-refractivity contribution in [2.24, 2.45) is 5.73 Å². The van der Waals surface area contributed by atoms with Crippen molar-refractivity contribution in [1.82, 2.24) is 15.1 Å². The van der Waals surface area contributed by atoms with E-state index >= 15 is 0 Å². The number of phenols is 1. The molecule has 0 aliphatic rings. The lowest BCUT2D eigenvalue weighted by atomic mass is 10.1. The summed E-state index contributed by atoms with van der Waals surface area (Å²) in [5.41, 5.74) is 6.76. The summed E-state index contributed by atoms with van der Waals surface area (Å²) >= 11 is 0. The molecule has 0 radical (unpaired) electrons. The van der Waals surface area contributed by atoms with E-state index in [4.69, 9.17) is 5.73 Å². The van der Waals surface area contributed by atoms with Gasteiger partial charge in [-0.05, 0) is 30.2 Å². The fraction of sp³-hybridized carbons (Fsp3) is 0.286. The average molecular weight is 274 g/mol. The zero-order chi connectivity index (χ0) is 14.4. The highest BCUT2D eigenvalue weighted by Crippen LogP contribution is 2.10. The zero-order valence-corrected chi connectivity index (χ0v) is 11.1. The summed E-state index contributed by atoms with van der Waals surface area (Å²) in [7, 11) is 0. The maximum atomic E-state index is 11.8. The molecule has 0 saturated heterocycles. The third-order valence-electron chi connectivity index (χ3n) is 2.93. The number of rotatable bonds is 6. The van der Waals surface area contributed by atoms with E-state index in [1.807, 2.05) is 12.3 Å². The fourth-order valence-electron chi connectivity index (χ4n) is 1.84. The largest absolute Gasteiger partial charge is 0.508 e. The van der Waals surface area contributed by atoms with E-state index in [2.05, 4.69) is 10.4 Å². The molecule has 2 aromatic rings. The Morgan fingerprint density at radius 2 is 2.15 bits per heavy atom. The van der Waals surface area contributed by atoms with E-state index in [0.29, 0.717) is 19.5 Å². The van der Waals surface area contributed by atoms with E-state index < -0.39 is 6.04 Å². The minimum absolute atomic E-state index is 0.190. The lowest BCUT2D eigenvalue weighted by molar-refractivity contribution is -0.122. The lowest BCUT2D eigenvalue weighted by Gasteiger charge is -2.12. The van der Waals surface area contributed by atoms with Gasteiger partial charge in [0, 0.05) is 18.9 Å². The Labute approximate surface area is 117 Å². The van der Waals surface area contributed by atoms with Crippen LogP contribution in [0.3, 0.4) is 0 Å². The van der Waals surface area contributed by atoms with E-state index in [9.17, 15) is 9.90 Å². The maximum Gasteiger partial charge on any atom is 0.237 e. The van der Waals surface area contributed by atoms with E-state index in [-0.39, 0.29) is 11.7 Å². The smallest absolute Gasteiger partial charge is 0.237 e. The van der Waals surface area contributed by atoms with Gasteiger partial charge in [0.2, 0.25) is 5.91 Å². The molecule has 0 aliphatic carbocycles. The molecule has 1 atom stereocenters. The second-order valence-electron chi connectivity index (χ2n) is 4.54. The van der Waals surface area contributed by atoms with Crippen molar-refractivity contribution in [2.45, 2.75) is 19.0 Å². The van der Waals surface area contributed by atoms with Gasteiger partial charge in [-0.2, -0.15) is 5.10 Å². The third kappa shape index (κ3) is 4.10. The summed E-state index contributed by atoms with van der Waals surface area (Å²) in [4.78, 5) is 11.8. The molecule has 2 rings (SSSR count). The van der Waals surface area contributed by atoms with Crippen LogP contribution in [0.4, 0.5) is 0 Å². The van der Waals surface area contributed by atoms with Crippen LogP contribution in [-0.4, -0.2) is 33.4 Å². The zero-order valence-electron chi connectivity index (χ0n) is 11.1. The Balaban J connectivity index is 1.75. The van der Waals surface area contributed by atoms with Gasteiger partial charge in [-0.3, -0.25) is 9.48 Å². The van der Waals surface area contributed by atoms with Crippen molar-refractivity contribution in [3.8, 4) is 5.75 Å². The first-order valence-corrected chi connectivity index (χ1v) is 6.44. The van der Waals surface area contributed by atoms with Gasteiger partial charge in [0.05, 0.1) is 12.6 Å². The summed E-state index contributed by atoms with van der Waals surface area (Å²) in [6.07, 6.45) is 3.97. The Morgan fingerprint density at radius 3 is 2.80 bits per heavy atom. The summed E-state index contributed by atoms with van der Waals surface area (Å²) < 4.78 is 1.74. The SMILES string of the molecule is N[C@@H](Cc1ccc(O)cc1)C(=O)NCCn1cccn1. The first-order chi connectivity index (χ1) is 9.65. The highest BCUT2D eigenvalue weighted by molar-refractivity contribution is 5.81. The molecule has 0 spiro atoms. The molecule has 6 heteroatoms. The number of hydrogen-bond acceptors (Lipinski definition) is 4. The number of amides is 1. The molecule has 0 unspecified atom stereocenters. The number of nitrogens with zero attached hydrogens (tertiary/aromatic N) is 2. The van der Waals surface area contributed by atoms with Gasteiger partial charge in [-0.1, -0.05) is 12.1 Å². The number of aromatic nitrogens is 2. The van der Waals surface area contributed by atoms with E-state index in [1.165, 1.54) is 0 Å². The van der Waals surface area contributed by atoms with Crippen LogP contribution < -0.4 is 11.1 Å². The molecule has 1 aromatic heterocycles. The van der Waals surface area contributed by atoms with Crippen LogP contribution in [0, 0.1) is 0 Å². The minimum Gasteiger partial charge on any atom is -0.508 e. The molecule has 0 bridgehead atoms. The normalized spacial score (nSPS) is 12.1. The number of nitrogens with one attached hydrogen (secondary N) is 1. The molecule has 4 N–H and O–H groups in total. The van der Waals surface area contributed by atoms with Crippen LogP contribution in [0.2, 0.25) is 0 Å². The molecule has 106 valence electrons. The van der Waals surface area contributed by atoms with Crippen molar-refractivity contribution in [3.05, 3.63) is 48.3 Å². The first kappa shape index (κ1) is 14.1. The van der Waals surface area contributed by atoms with Gasteiger partial charge in [-0.15, -0.1) is 0 Å². The molecule has 0 aliphatic heterocycles. The fourth-order valence-corrected chi connectivity index (χ4v) is 1.84. The van der Waals surface area contributed by atoms with E-state index in [0.717, 1.165) is 5.56 Å².